The van der Waals surface area contributed by atoms with Crippen LogP contribution in [0.5, 0.6) is 5.75 Å². The number of benzene rings is 2. The number of nitrogens with zero attached hydrogens (tertiary/aromatic N) is 2. The quantitative estimate of drug-likeness (QED) is 0.502. The van der Waals surface area contributed by atoms with Crippen molar-refractivity contribution in [1.29, 1.82) is 0 Å². The average molecular weight is 398 g/mol. The van der Waals surface area contributed by atoms with Crippen molar-refractivity contribution in [3.8, 4) is 11.4 Å². The lowest BCUT2D eigenvalue weighted by Gasteiger charge is -2.17. The number of nitrogens with one attached hydrogen (secondary N) is 1. The van der Waals surface area contributed by atoms with Gasteiger partial charge < -0.3 is 10.5 Å². The van der Waals surface area contributed by atoms with Gasteiger partial charge in [-0.2, -0.15) is 0 Å². The summed E-state index contributed by atoms with van der Waals surface area (Å²) >= 11 is 1.04. The maximum Gasteiger partial charge on any atom is 0.318 e. The Kier molecular flexibility index (Phi) is 5.65. The molecule has 3 amide bonds. The molecule has 3 rings (SSSR count). The number of amides is 3. The molecule has 2 aromatic carbocycles. The molecule has 0 saturated carbocycles. The van der Waals surface area contributed by atoms with Crippen LogP contribution in [0.2, 0.25) is 0 Å². The molecule has 28 heavy (non-hydrogen) atoms. The average Bonchev–Trinajstić information content (AvgIpc) is 2.68. The molecule has 0 unspecified atom stereocenters. The lowest BCUT2D eigenvalue weighted by molar-refractivity contribution is -0.119. The van der Waals surface area contributed by atoms with Crippen molar-refractivity contribution in [2.75, 3.05) is 7.11 Å². The Bertz CT molecular complexity index is 1110. The van der Waals surface area contributed by atoms with Crippen LogP contribution in [0.1, 0.15) is 6.92 Å². The van der Waals surface area contributed by atoms with Gasteiger partial charge in [-0.1, -0.05) is 36.0 Å². The van der Waals surface area contributed by atoms with Gasteiger partial charge in [-0.05, 0) is 31.2 Å². The smallest absolute Gasteiger partial charge is 0.318 e. The summed E-state index contributed by atoms with van der Waals surface area (Å²) in [5, 5.41) is 2.04. The predicted octanol–water partition coefficient (Wildman–Crippen LogP) is 2.07. The van der Waals surface area contributed by atoms with Gasteiger partial charge in [0.05, 0.1) is 29.0 Å². The first-order chi connectivity index (χ1) is 13.4. The SMILES string of the molecule is COc1ccccc1-n1c(S[C@H](C)C(=O)NC(N)=O)nc2ccccc2c1=O. The Morgan fingerprint density at radius 1 is 1.18 bits per heavy atom. The Hall–Kier alpha value is -3.33. The summed E-state index contributed by atoms with van der Waals surface area (Å²) in [5.74, 6) is -0.0933. The number of carbonyl (C=O) groups excluding carboxylic acids is 2. The van der Waals surface area contributed by atoms with Crippen molar-refractivity contribution >= 4 is 34.6 Å². The molecule has 0 aliphatic carbocycles. The van der Waals surface area contributed by atoms with E-state index in [4.69, 9.17) is 10.5 Å². The van der Waals surface area contributed by atoms with E-state index in [1.165, 1.54) is 11.7 Å². The highest BCUT2D eigenvalue weighted by molar-refractivity contribution is 8.00. The Morgan fingerprint density at radius 2 is 1.86 bits per heavy atom. The van der Waals surface area contributed by atoms with E-state index in [0.717, 1.165) is 11.8 Å². The van der Waals surface area contributed by atoms with E-state index in [1.807, 2.05) is 5.32 Å². The first kappa shape index (κ1) is 19.4. The van der Waals surface area contributed by atoms with Crippen LogP contribution in [0.4, 0.5) is 4.79 Å². The van der Waals surface area contributed by atoms with Gasteiger partial charge in [0.2, 0.25) is 5.91 Å². The first-order valence-corrected chi connectivity index (χ1v) is 9.22. The number of nitrogens with two attached hydrogens (primary N) is 1. The number of rotatable bonds is 5. The third-order valence-electron chi connectivity index (χ3n) is 3.97. The summed E-state index contributed by atoms with van der Waals surface area (Å²) in [6, 6.07) is 13.0. The maximum atomic E-state index is 13.2. The molecule has 0 aliphatic heterocycles. The van der Waals surface area contributed by atoms with Crippen LogP contribution in [0.15, 0.2) is 58.5 Å². The summed E-state index contributed by atoms with van der Waals surface area (Å²) in [5.41, 5.74) is 5.72. The molecular weight excluding hydrogens is 380 g/mol. The van der Waals surface area contributed by atoms with Crippen molar-refractivity contribution < 1.29 is 14.3 Å². The summed E-state index contributed by atoms with van der Waals surface area (Å²) in [6.45, 7) is 1.59. The van der Waals surface area contributed by atoms with E-state index < -0.39 is 17.2 Å². The predicted molar refractivity (Wildman–Crippen MR) is 107 cm³/mol. The summed E-state index contributed by atoms with van der Waals surface area (Å²) in [4.78, 5) is 40.9. The number of imide groups is 1. The van der Waals surface area contributed by atoms with Crippen LogP contribution < -0.4 is 21.3 Å². The number of carbonyl (C=O) groups is 2. The van der Waals surface area contributed by atoms with Crippen LogP contribution in [0, 0.1) is 0 Å². The zero-order valence-electron chi connectivity index (χ0n) is 15.2. The highest BCUT2D eigenvalue weighted by Gasteiger charge is 2.22. The molecule has 0 aliphatic rings. The number of ether oxygens (including phenoxy) is 1. The number of thioether (sulfide) groups is 1. The Morgan fingerprint density at radius 3 is 2.57 bits per heavy atom. The van der Waals surface area contributed by atoms with Crippen LogP contribution >= 0.6 is 11.8 Å². The lowest BCUT2D eigenvalue weighted by atomic mass is 10.2. The van der Waals surface area contributed by atoms with Gasteiger partial charge in [0.1, 0.15) is 5.75 Å². The highest BCUT2D eigenvalue weighted by atomic mass is 32.2. The van der Waals surface area contributed by atoms with Gasteiger partial charge in [0.15, 0.2) is 5.16 Å². The standard InChI is InChI=1S/C19H18N4O4S/c1-11(16(24)22-18(20)26)28-19-21-13-8-4-3-7-12(13)17(25)23(19)14-9-5-6-10-15(14)27-2/h3-11H,1-2H3,(H3,20,22,24,26)/t11-/m1/s1. The molecule has 9 heteroatoms. The normalized spacial score (nSPS) is 11.8. The molecule has 0 fully saturated rings. The summed E-state index contributed by atoms with van der Waals surface area (Å²) in [6.07, 6.45) is 0. The Balaban J connectivity index is 2.19. The molecule has 1 aromatic heterocycles. The summed E-state index contributed by atoms with van der Waals surface area (Å²) in [7, 11) is 1.51. The van der Waals surface area contributed by atoms with Gasteiger partial charge >= 0.3 is 6.03 Å². The van der Waals surface area contributed by atoms with E-state index in [0.29, 0.717) is 27.5 Å². The topological polar surface area (TPSA) is 116 Å². The third kappa shape index (κ3) is 3.84. The van der Waals surface area contributed by atoms with E-state index in [2.05, 4.69) is 4.98 Å². The van der Waals surface area contributed by atoms with Crippen molar-refractivity contribution in [3.63, 3.8) is 0 Å². The van der Waals surface area contributed by atoms with Crippen LogP contribution in [0.25, 0.3) is 16.6 Å². The molecule has 0 spiro atoms. The Labute approximate surface area is 164 Å². The molecule has 0 saturated heterocycles. The van der Waals surface area contributed by atoms with Crippen molar-refractivity contribution in [3.05, 3.63) is 58.9 Å². The van der Waals surface area contributed by atoms with Gasteiger partial charge in [0, 0.05) is 0 Å². The zero-order valence-corrected chi connectivity index (χ0v) is 16.0. The van der Waals surface area contributed by atoms with Crippen LogP contribution in [0.3, 0.4) is 0 Å². The van der Waals surface area contributed by atoms with E-state index >= 15 is 0 Å². The third-order valence-corrected chi connectivity index (χ3v) is 5.02. The molecule has 144 valence electrons. The molecule has 1 heterocycles. The zero-order chi connectivity index (χ0) is 20.3. The molecule has 3 aromatic rings. The first-order valence-electron chi connectivity index (χ1n) is 8.34. The lowest BCUT2D eigenvalue weighted by Crippen LogP contribution is -2.39. The number of primary amides is 1. The number of aromatic nitrogens is 2. The minimum atomic E-state index is -0.939. The van der Waals surface area contributed by atoms with E-state index in [1.54, 1.807) is 55.5 Å². The van der Waals surface area contributed by atoms with Crippen molar-refractivity contribution in [2.24, 2.45) is 5.73 Å². The largest absolute Gasteiger partial charge is 0.495 e. The highest BCUT2D eigenvalue weighted by Crippen LogP contribution is 2.29. The second-order valence-electron chi connectivity index (χ2n) is 5.84. The molecule has 3 N–H and O–H groups in total. The monoisotopic (exact) mass is 398 g/mol. The number of urea groups is 1. The van der Waals surface area contributed by atoms with E-state index in [-0.39, 0.29) is 5.56 Å². The molecule has 0 bridgehead atoms. The van der Waals surface area contributed by atoms with Gasteiger partial charge in [0.25, 0.3) is 5.56 Å². The minimum Gasteiger partial charge on any atom is -0.495 e. The van der Waals surface area contributed by atoms with Gasteiger partial charge in [-0.25, -0.2) is 9.78 Å². The number of methoxy groups -OCH3 is 1. The van der Waals surface area contributed by atoms with Crippen molar-refractivity contribution in [1.82, 2.24) is 14.9 Å². The maximum absolute atomic E-state index is 13.2. The van der Waals surface area contributed by atoms with Crippen molar-refractivity contribution in [2.45, 2.75) is 17.3 Å². The van der Waals surface area contributed by atoms with Gasteiger partial charge in [-0.15, -0.1) is 0 Å². The minimum absolute atomic E-state index is 0.292. The fourth-order valence-electron chi connectivity index (χ4n) is 2.65. The van der Waals surface area contributed by atoms with Crippen LogP contribution in [-0.2, 0) is 4.79 Å². The number of hydrogen-bond acceptors (Lipinski definition) is 6. The molecule has 0 radical (unpaired) electrons. The number of hydrogen-bond donors (Lipinski definition) is 2. The fourth-order valence-corrected chi connectivity index (χ4v) is 3.57. The molecule has 8 nitrogen and oxygen atoms in total. The molecule has 1 atom stereocenters. The second-order valence-corrected chi connectivity index (χ2v) is 7.15. The number of fused-ring (bicyclic) bond motifs is 1. The number of para-hydroxylation sites is 3. The van der Waals surface area contributed by atoms with Crippen LogP contribution in [-0.4, -0.2) is 33.8 Å². The molecular formula is C19H18N4O4S. The summed E-state index contributed by atoms with van der Waals surface area (Å²) < 4.78 is 6.79. The second kappa shape index (κ2) is 8.13. The fraction of sp³-hybridized carbons (Fsp3) is 0.158. The van der Waals surface area contributed by atoms with E-state index in [9.17, 15) is 14.4 Å². The van der Waals surface area contributed by atoms with Gasteiger partial charge in [-0.3, -0.25) is 19.5 Å².